The predicted molar refractivity (Wildman–Crippen MR) is 77.5 cm³/mol. The number of ether oxygens (including phenoxy) is 1. The highest BCUT2D eigenvalue weighted by Gasteiger charge is 2.02. The second kappa shape index (κ2) is 8.86. The molecule has 0 radical (unpaired) electrons. The summed E-state index contributed by atoms with van der Waals surface area (Å²) in [6, 6.07) is 10.7. The predicted octanol–water partition coefficient (Wildman–Crippen LogP) is 1.55. The molecule has 0 aliphatic carbocycles. The zero-order valence-electron chi connectivity index (χ0n) is 11.6. The van der Waals surface area contributed by atoms with Crippen LogP contribution in [0.5, 0.6) is 5.75 Å². The lowest BCUT2D eigenvalue weighted by atomic mass is 10.2. The molecule has 1 N–H and O–H groups in total. The minimum absolute atomic E-state index is 0.0949. The van der Waals surface area contributed by atoms with E-state index in [4.69, 9.17) is 15.3 Å². The molecule has 0 saturated heterocycles. The van der Waals surface area contributed by atoms with Crippen LogP contribution in [0.3, 0.4) is 0 Å². The summed E-state index contributed by atoms with van der Waals surface area (Å²) in [4.78, 5) is 12.2. The average molecular weight is 283 g/mol. The Labute approximate surface area is 122 Å². The van der Waals surface area contributed by atoms with Crippen molar-refractivity contribution in [3.8, 4) is 17.9 Å². The van der Waals surface area contributed by atoms with E-state index in [1.54, 1.807) is 37.4 Å². The maximum Gasteiger partial charge on any atom is 0.178 e. The first-order chi connectivity index (χ1) is 10.2. The number of hydroxylamine groups is 1. The van der Waals surface area contributed by atoms with E-state index in [1.165, 1.54) is 13.3 Å². The van der Waals surface area contributed by atoms with Gasteiger partial charge < -0.3 is 4.74 Å². The lowest BCUT2D eigenvalue weighted by Gasteiger charge is -1.98. The molecule has 0 amide bonds. The number of nitrogens with one attached hydrogen (secondary N) is 1. The number of methoxy groups -OCH3 is 1. The minimum Gasteiger partial charge on any atom is -0.497 e. The second-order valence-corrected chi connectivity index (χ2v) is 3.53. The van der Waals surface area contributed by atoms with Crippen molar-refractivity contribution in [1.29, 1.82) is 10.5 Å². The average Bonchev–Trinajstić information content (AvgIpc) is 2.54. The van der Waals surface area contributed by atoms with Crippen LogP contribution < -0.4 is 10.2 Å². The van der Waals surface area contributed by atoms with Crippen LogP contribution >= 0.6 is 0 Å². The van der Waals surface area contributed by atoms with Gasteiger partial charge in [-0.25, -0.2) is 9.98 Å². The van der Waals surface area contributed by atoms with Gasteiger partial charge in [-0.1, -0.05) is 0 Å². The first kappa shape index (κ1) is 15.9. The molecule has 0 saturated carbocycles. The van der Waals surface area contributed by atoms with E-state index in [0.29, 0.717) is 0 Å². The van der Waals surface area contributed by atoms with E-state index < -0.39 is 0 Å². The van der Waals surface area contributed by atoms with Gasteiger partial charge >= 0.3 is 0 Å². The minimum atomic E-state index is -0.119. The Kier molecular flexibility index (Phi) is 6.71. The fraction of sp³-hybridized carbons (Fsp3) is 0.143. The van der Waals surface area contributed by atoms with Gasteiger partial charge in [-0.15, -0.1) is 0 Å². The van der Waals surface area contributed by atoms with Crippen molar-refractivity contribution in [2.24, 2.45) is 9.98 Å². The normalized spacial score (nSPS) is 11.8. The van der Waals surface area contributed by atoms with Gasteiger partial charge in [0.25, 0.3) is 0 Å². The van der Waals surface area contributed by atoms with Crippen molar-refractivity contribution >= 4 is 12.6 Å². The Morgan fingerprint density at radius 1 is 1.10 bits per heavy atom. The number of rotatable bonds is 6. The van der Waals surface area contributed by atoms with Crippen molar-refractivity contribution in [2.75, 3.05) is 14.2 Å². The van der Waals surface area contributed by atoms with E-state index in [2.05, 4.69) is 20.3 Å². The SMILES string of the molecule is CONC=N/C(C#N)=C(/C#N)N=Cc1ccc(OC)cc1. The highest BCUT2D eigenvalue weighted by atomic mass is 16.6. The number of benzene rings is 1. The topological polar surface area (TPSA) is 103 Å². The molecule has 0 heterocycles. The Bertz CT molecular complexity index is 633. The Hall–Kier alpha value is -3.16. The molecule has 7 nitrogen and oxygen atoms in total. The molecule has 0 aromatic heterocycles. The highest BCUT2D eigenvalue weighted by molar-refractivity contribution is 5.81. The summed E-state index contributed by atoms with van der Waals surface area (Å²) in [5.74, 6) is 0.719. The molecular weight excluding hydrogens is 270 g/mol. The summed E-state index contributed by atoms with van der Waals surface area (Å²) in [5, 5.41) is 18.0. The molecule has 1 rings (SSSR count). The molecular formula is C14H13N5O2. The largest absolute Gasteiger partial charge is 0.497 e. The van der Waals surface area contributed by atoms with Gasteiger partial charge in [0.05, 0.1) is 14.2 Å². The summed E-state index contributed by atoms with van der Waals surface area (Å²) in [5.41, 5.74) is 2.88. The van der Waals surface area contributed by atoms with E-state index >= 15 is 0 Å². The summed E-state index contributed by atoms with van der Waals surface area (Å²) < 4.78 is 5.04. The quantitative estimate of drug-likeness (QED) is 0.369. The van der Waals surface area contributed by atoms with Crippen LogP contribution in [0.25, 0.3) is 0 Å². The van der Waals surface area contributed by atoms with E-state index in [1.807, 2.05) is 6.07 Å². The third kappa shape index (κ3) is 5.15. The van der Waals surface area contributed by atoms with Crippen LogP contribution in [0.1, 0.15) is 5.56 Å². The van der Waals surface area contributed by atoms with Gasteiger partial charge in [0, 0.05) is 6.21 Å². The zero-order chi connectivity index (χ0) is 15.5. The smallest absolute Gasteiger partial charge is 0.178 e. The number of aliphatic imine (C=N–C) groups is 2. The van der Waals surface area contributed by atoms with Gasteiger partial charge in [0.1, 0.15) is 24.2 Å². The summed E-state index contributed by atoms with van der Waals surface area (Å²) in [6.45, 7) is 0. The summed E-state index contributed by atoms with van der Waals surface area (Å²) in [7, 11) is 2.97. The molecule has 106 valence electrons. The number of hydrogen-bond acceptors (Lipinski definition) is 6. The van der Waals surface area contributed by atoms with Gasteiger partial charge in [0.2, 0.25) is 0 Å². The molecule has 1 aromatic rings. The molecule has 21 heavy (non-hydrogen) atoms. The maximum absolute atomic E-state index is 9.03. The maximum atomic E-state index is 9.03. The van der Waals surface area contributed by atoms with Crippen LogP contribution in [-0.4, -0.2) is 26.8 Å². The van der Waals surface area contributed by atoms with Gasteiger partial charge in [-0.05, 0) is 29.8 Å². The van der Waals surface area contributed by atoms with E-state index in [0.717, 1.165) is 17.7 Å². The van der Waals surface area contributed by atoms with Crippen molar-refractivity contribution in [2.45, 2.75) is 0 Å². The van der Waals surface area contributed by atoms with Gasteiger partial charge in [-0.2, -0.15) is 10.5 Å². The first-order valence-electron chi connectivity index (χ1n) is 5.78. The van der Waals surface area contributed by atoms with Crippen LogP contribution in [0.15, 0.2) is 45.6 Å². The molecule has 0 fully saturated rings. The summed E-state index contributed by atoms with van der Waals surface area (Å²) in [6.07, 6.45) is 2.62. The van der Waals surface area contributed by atoms with Crippen molar-refractivity contribution in [1.82, 2.24) is 5.48 Å². The number of hydrogen-bond donors (Lipinski definition) is 1. The third-order valence-corrected chi connectivity index (χ3v) is 2.26. The van der Waals surface area contributed by atoms with Crippen LogP contribution in [0.4, 0.5) is 0 Å². The Balaban J connectivity index is 2.96. The number of allylic oxidation sites excluding steroid dienone is 2. The first-order valence-corrected chi connectivity index (χ1v) is 5.78. The summed E-state index contributed by atoms with van der Waals surface area (Å²) >= 11 is 0. The molecule has 0 atom stereocenters. The van der Waals surface area contributed by atoms with Crippen LogP contribution in [-0.2, 0) is 4.84 Å². The molecule has 1 aromatic carbocycles. The highest BCUT2D eigenvalue weighted by Crippen LogP contribution is 2.11. The second-order valence-electron chi connectivity index (χ2n) is 3.53. The van der Waals surface area contributed by atoms with Crippen LogP contribution in [0, 0.1) is 22.7 Å². The Morgan fingerprint density at radius 3 is 2.24 bits per heavy atom. The molecule has 7 heteroatoms. The number of nitrogens with zero attached hydrogens (tertiary/aromatic N) is 4. The molecule has 0 aliphatic rings. The number of nitriles is 2. The monoisotopic (exact) mass is 283 g/mol. The lowest BCUT2D eigenvalue weighted by molar-refractivity contribution is 0.148. The standard InChI is InChI=1S/C14H13N5O2/c1-20-12-5-3-11(4-6-12)9-17-13(7-15)14(8-16)18-10-19-21-2/h3-6,9-10H,1-2H3,(H,18,19)/b14-13-,17-9?. The molecule has 0 unspecified atom stereocenters. The van der Waals surface area contributed by atoms with E-state index in [-0.39, 0.29) is 11.4 Å². The van der Waals surface area contributed by atoms with Crippen molar-refractivity contribution in [3.63, 3.8) is 0 Å². The fourth-order valence-corrected chi connectivity index (χ4v) is 1.26. The zero-order valence-corrected chi connectivity index (χ0v) is 11.6. The molecule has 0 aliphatic heterocycles. The van der Waals surface area contributed by atoms with Crippen molar-refractivity contribution < 1.29 is 9.57 Å². The molecule has 0 spiro atoms. The van der Waals surface area contributed by atoms with Crippen molar-refractivity contribution in [3.05, 3.63) is 41.2 Å². The third-order valence-electron chi connectivity index (χ3n) is 2.26. The Morgan fingerprint density at radius 2 is 1.71 bits per heavy atom. The van der Waals surface area contributed by atoms with Gasteiger partial charge in [0.15, 0.2) is 11.4 Å². The lowest BCUT2D eigenvalue weighted by Crippen LogP contribution is -2.07. The van der Waals surface area contributed by atoms with Gasteiger partial charge in [-0.3, -0.25) is 10.3 Å². The van der Waals surface area contributed by atoms with Crippen LogP contribution in [0.2, 0.25) is 0 Å². The fourth-order valence-electron chi connectivity index (χ4n) is 1.26. The van der Waals surface area contributed by atoms with E-state index in [9.17, 15) is 0 Å². The molecule has 0 bridgehead atoms.